The van der Waals surface area contributed by atoms with Gasteiger partial charge in [0.1, 0.15) is 0 Å². The van der Waals surface area contributed by atoms with Crippen molar-refractivity contribution in [3.8, 4) is 6.07 Å². The summed E-state index contributed by atoms with van der Waals surface area (Å²) in [5.74, 6) is 0.514. The van der Waals surface area contributed by atoms with Crippen LogP contribution in [0.2, 0.25) is 0 Å². The van der Waals surface area contributed by atoms with Gasteiger partial charge in [-0.3, -0.25) is 0 Å². The predicted molar refractivity (Wildman–Crippen MR) is 44.7 cm³/mol. The highest BCUT2D eigenvalue weighted by Gasteiger charge is 2.08. The first-order valence-corrected chi connectivity index (χ1v) is 4.32. The lowest BCUT2D eigenvalue weighted by Crippen LogP contribution is -2.01. The molecule has 0 aromatic heterocycles. The van der Waals surface area contributed by atoms with E-state index in [1.165, 1.54) is 0 Å². The minimum absolute atomic E-state index is 0.514. The van der Waals surface area contributed by atoms with Crippen LogP contribution in [0, 0.1) is 17.2 Å². The Morgan fingerprint density at radius 3 is 3.20 bits per heavy atom. The highest BCUT2D eigenvalue weighted by molar-refractivity contribution is 9.09. The first kappa shape index (κ1) is 7.56. The molecule has 0 aliphatic heterocycles. The van der Waals surface area contributed by atoms with Crippen molar-refractivity contribution in [3.05, 3.63) is 23.8 Å². The highest BCUT2D eigenvalue weighted by Crippen LogP contribution is 2.19. The fourth-order valence-corrected chi connectivity index (χ4v) is 1.38. The Morgan fingerprint density at radius 1 is 1.80 bits per heavy atom. The molecule has 0 bridgehead atoms. The smallest absolute Gasteiger partial charge is 0.0947 e. The van der Waals surface area contributed by atoms with Crippen LogP contribution in [-0.2, 0) is 0 Å². The molecule has 0 heterocycles. The van der Waals surface area contributed by atoms with Gasteiger partial charge in [0.05, 0.1) is 6.07 Å². The monoisotopic (exact) mass is 197 g/mol. The van der Waals surface area contributed by atoms with Crippen LogP contribution in [0.4, 0.5) is 0 Å². The Bertz CT molecular complexity index is 210. The number of nitrogens with zero attached hydrogens (tertiary/aromatic N) is 1. The molecule has 0 amide bonds. The lowest BCUT2D eigenvalue weighted by molar-refractivity contribution is 0.737. The molecule has 1 unspecified atom stereocenters. The third-order valence-electron chi connectivity index (χ3n) is 1.50. The first-order chi connectivity index (χ1) is 4.86. The van der Waals surface area contributed by atoms with Crippen molar-refractivity contribution in [2.45, 2.75) is 6.42 Å². The van der Waals surface area contributed by atoms with E-state index < -0.39 is 0 Å². The van der Waals surface area contributed by atoms with Crippen LogP contribution in [0.15, 0.2) is 23.8 Å². The minimum Gasteiger partial charge on any atom is -0.193 e. The fourth-order valence-electron chi connectivity index (χ4n) is 0.936. The molecule has 0 saturated heterocycles. The summed E-state index contributed by atoms with van der Waals surface area (Å²) in [6.45, 7) is 0. The van der Waals surface area contributed by atoms with Crippen molar-refractivity contribution >= 4 is 15.9 Å². The number of alkyl halides is 1. The number of hydrogen-bond acceptors (Lipinski definition) is 1. The van der Waals surface area contributed by atoms with Gasteiger partial charge in [-0.1, -0.05) is 28.1 Å². The van der Waals surface area contributed by atoms with Gasteiger partial charge in [-0.25, -0.2) is 0 Å². The quantitative estimate of drug-likeness (QED) is 0.593. The van der Waals surface area contributed by atoms with Gasteiger partial charge in [-0.15, -0.1) is 0 Å². The van der Waals surface area contributed by atoms with Crippen LogP contribution in [0.1, 0.15) is 6.42 Å². The van der Waals surface area contributed by atoms with Crippen molar-refractivity contribution in [1.82, 2.24) is 0 Å². The van der Waals surface area contributed by atoms with E-state index >= 15 is 0 Å². The van der Waals surface area contributed by atoms with Gasteiger partial charge in [-0.05, 0) is 18.4 Å². The second kappa shape index (κ2) is 3.58. The van der Waals surface area contributed by atoms with Crippen molar-refractivity contribution < 1.29 is 0 Å². The first-order valence-electron chi connectivity index (χ1n) is 3.20. The Kier molecular flexibility index (Phi) is 2.70. The lowest BCUT2D eigenvalue weighted by atomic mass is 9.97. The van der Waals surface area contributed by atoms with Gasteiger partial charge in [0.2, 0.25) is 0 Å². The molecule has 0 aromatic carbocycles. The molecule has 52 valence electrons. The molecular weight excluding hydrogens is 190 g/mol. The Labute approximate surface area is 69.2 Å². The predicted octanol–water partition coefficient (Wildman–Crippen LogP) is 2.41. The fraction of sp³-hybridized carbons (Fsp3) is 0.375. The van der Waals surface area contributed by atoms with Gasteiger partial charge >= 0.3 is 0 Å². The van der Waals surface area contributed by atoms with Crippen LogP contribution >= 0.6 is 15.9 Å². The Balaban J connectivity index is 2.61. The van der Waals surface area contributed by atoms with Crippen molar-refractivity contribution in [2.24, 2.45) is 5.92 Å². The standard InChI is InChI=1S/C8H8BrN/c9-5-7-2-1-3-8(4-7)6-10/h1-3,7H,4-5H2. The zero-order valence-corrected chi connectivity index (χ0v) is 7.13. The summed E-state index contributed by atoms with van der Waals surface area (Å²) in [5, 5.41) is 9.48. The van der Waals surface area contributed by atoms with Gasteiger partial charge in [0.25, 0.3) is 0 Å². The second-order valence-electron chi connectivity index (χ2n) is 2.31. The summed E-state index contributed by atoms with van der Waals surface area (Å²) < 4.78 is 0. The third kappa shape index (κ3) is 1.71. The molecule has 1 rings (SSSR count). The largest absolute Gasteiger partial charge is 0.193 e. The number of hydrogen-bond donors (Lipinski definition) is 0. The summed E-state index contributed by atoms with van der Waals surface area (Å²) in [6.07, 6.45) is 6.83. The molecule has 0 N–H and O–H groups in total. The van der Waals surface area contributed by atoms with E-state index in [9.17, 15) is 0 Å². The molecule has 2 heteroatoms. The summed E-state index contributed by atoms with van der Waals surface area (Å²) in [6, 6.07) is 2.16. The lowest BCUT2D eigenvalue weighted by Gasteiger charge is -2.10. The van der Waals surface area contributed by atoms with E-state index in [1.54, 1.807) is 0 Å². The van der Waals surface area contributed by atoms with Gasteiger partial charge in [-0.2, -0.15) is 5.26 Å². The molecule has 0 aromatic rings. The maximum atomic E-state index is 8.54. The molecule has 0 radical (unpaired) electrons. The van der Waals surface area contributed by atoms with E-state index in [1.807, 2.05) is 12.2 Å². The van der Waals surface area contributed by atoms with E-state index in [-0.39, 0.29) is 0 Å². The third-order valence-corrected chi connectivity index (χ3v) is 2.34. The van der Waals surface area contributed by atoms with E-state index in [0.717, 1.165) is 17.3 Å². The Morgan fingerprint density at radius 2 is 2.60 bits per heavy atom. The van der Waals surface area contributed by atoms with Gasteiger partial charge in [0.15, 0.2) is 0 Å². The molecule has 1 atom stereocenters. The van der Waals surface area contributed by atoms with Crippen molar-refractivity contribution in [3.63, 3.8) is 0 Å². The normalized spacial score (nSPS) is 23.6. The average Bonchev–Trinajstić information content (AvgIpc) is 2.05. The Hall–Kier alpha value is -0.550. The molecule has 0 spiro atoms. The minimum atomic E-state index is 0.514. The number of nitriles is 1. The molecule has 0 fully saturated rings. The van der Waals surface area contributed by atoms with Crippen LogP contribution in [0.25, 0.3) is 0 Å². The maximum Gasteiger partial charge on any atom is 0.0947 e. The summed E-state index contributed by atoms with van der Waals surface area (Å²) in [7, 11) is 0. The zero-order chi connectivity index (χ0) is 7.40. The van der Waals surface area contributed by atoms with Crippen LogP contribution in [0.5, 0.6) is 0 Å². The molecule has 10 heavy (non-hydrogen) atoms. The van der Waals surface area contributed by atoms with Crippen molar-refractivity contribution in [2.75, 3.05) is 5.33 Å². The van der Waals surface area contributed by atoms with Crippen molar-refractivity contribution in [1.29, 1.82) is 5.26 Å². The summed E-state index contributed by atoms with van der Waals surface area (Å²) >= 11 is 3.38. The molecule has 1 nitrogen and oxygen atoms in total. The zero-order valence-electron chi connectivity index (χ0n) is 5.55. The highest BCUT2D eigenvalue weighted by atomic mass is 79.9. The number of halogens is 1. The number of allylic oxidation sites excluding steroid dienone is 4. The molecule has 0 saturated carbocycles. The maximum absolute atomic E-state index is 8.54. The van der Waals surface area contributed by atoms with E-state index in [4.69, 9.17) is 5.26 Å². The van der Waals surface area contributed by atoms with E-state index in [0.29, 0.717) is 5.92 Å². The van der Waals surface area contributed by atoms with Gasteiger partial charge < -0.3 is 0 Å². The van der Waals surface area contributed by atoms with Gasteiger partial charge in [0, 0.05) is 10.9 Å². The topological polar surface area (TPSA) is 23.8 Å². The molecular formula is C8H8BrN. The SMILES string of the molecule is N#CC1=CC=CC(CBr)C1. The molecule has 1 aliphatic rings. The van der Waals surface area contributed by atoms with Crippen LogP contribution in [0.3, 0.4) is 0 Å². The van der Waals surface area contributed by atoms with Crippen LogP contribution < -0.4 is 0 Å². The van der Waals surface area contributed by atoms with Crippen LogP contribution in [-0.4, -0.2) is 5.33 Å². The van der Waals surface area contributed by atoms with E-state index in [2.05, 4.69) is 28.1 Å². The number of rotatable bonds is 1. The summed E-state index contributed by atoms with van der Waals surface area (Å²) in [4.78, 5) is 0. The average molecular weight is 198 g/mol. The molecule has 1 aliphatic carbocycles. The summed E-state index contributed by atoms with van der Waals surface area (Å²) in [5.41, 5.74) is 0.881. The second-order valence-corrected chi connectivity index (χ2v) is 2.95.